The third kappa shape index (κ3) is 10.5. The van der Waals surface area contributed by atoms with Gasteiger partial charge in [0.05, 0.1) is 6.54 Å². The van der Waals surface area contributed by atoms with Crippen LogP contribution in [-0.2, 0) is 24.8 Å². The normalized spacial score (nSPS) is 13.2. The average molecular weight is 382 g/mol. The minimum atomic E-state index is -0.576. The lowest BCUT2D eigenvalue weighted by molar-refractivity contribution is -0.157. The van der Waals surface area contributed by atoms with Gasteiger partial charge in [-0.2, -0.15) is 11.8 Å². The van der Waals surface area contributed by atoms with E-state index in [0.717, 1.165) is 5.75 Å². The first kappa shape index (κ1) is 22.5. The summed E-state index contributed by atoms with van der Waals surface area (Å²) in [4.78, 5) is 24.4. The molecule has 0 saturated heterocycles. The van der Waals surface area contributed by atoms with Gasteiger partial charge in [0.15, 0.2) is 0 Å². The van der Waals surface area contributed by atoms with Gasteiger partial charge in [-0.3, -0.25) is 14.9 Å². The van der Waals surface area contributed by atoms with E-state index in [-0.39, 0.29) is 18.5 Å². The maximum atomic E-state index is 12.4. The molecule has 0 saturated carbocycles. The summed E-state index contributed by atoms with van der Waals surface area (Å²) in [6.45, 7) is 10.9. The van der Waals surface area contributed by atoms with Crippen molar-refractivity contribution in [3.05, 3.63) is 35.9 Å². The summed E-state index contributed by atoms with van der Waals surface area (Å²) in [5, 5.41) is 2.98. The highest BCUT2D eigenvalue weighted by atomic mass is 32.2. The lowest BCUT2D eigenvalue weighted by Crippen LogP contribution is -2.46. The highest BCUT2D eigenvalue weighted by Crippen LogP contribution is 2.16. The second-order valence-corrected chi connectivity index (χ2v) is 9.08. The second-order valence-electron chi connectivity index (χ2n) is 8.05. The lowest BCUT2D eigenvalue weighted by atomic mass is 10.2. The van der Waals surface area contributed by atoms with Crippen molar-refractivity contribution in [2.45, 2.75) is 64.5 Å². The molecule has 0 radical (unpaired) electrons. The molecule has 0 bridgehead atoms. The Balaban J connectivity index is 2.60. The predicted molar refractivity (Wildman–Crippen MR) is 106 cm³/mol. The number of nitrogens with one attached hydrogen (secondary N) is 1. The van der Waals surface area contributed by atoms with Crippen molar-refractivity contribution in [1.82, 2.24) is 5.32 Å². The van der Waals surface area contributed by atoms with Gasteiger partial charge in [0.1, 0.15) is 17.2 Å². The number of carbonyl (C=O) groups is 2. The maximum absolute atomic E-state index is 12.4. The molecule has 0 aliphatic carbocycles. The molecule has 1 aromatic rings. The lowest BCUT2D eigenvalue weighted by Gasteiger charge is -2.25. The molecule has 1 N–H and O–H groups in total. The quantitative estimate of drug-likeness (QED) is 0.695. The zero-order valence-corrected chi connectivity index (χ0v) is 17.4. The van der Waals surface area contributed by atoms with Crippen molar-refractivity contribution < 1.29 is 19.1 Å². The Morgan fingerprint density at radius 2 is 1.58 bits per heavy atom. The number of hydrogen-bond donors (Lipinski definition) is 1. The first-order valence-electron chi connectivity index (χ1n) is 8.76. The number of benzene rings is 1. The molecule has 6 heteroatoms. The Morgan fingerprint density at radius 1 is 1.00 bits per heavy atom. The number of esters is 2. The molecule has 0 aliphatic heterocycles. The van der Waals surface area contributed by atoms with E-state index in [9.17, 15) is 9.59 Å². The summed E-state index contributed by atoms with van der Waals surface area (Å²) < 4.78 is 10.8. The van der Waals surface area contributed by atoms with Crippen molar-refractivity contribution in [2.24, 2.45) is 0 Å². The zero-order valence-electron chi connectivity index (χ0n) is 16.6. The van der Waals surface area contributed by atoms with Crippen LogP contribution in [0, 0.1) is 0 Å². The predicted octanol–water partition coefficient (Wildman–Crippen LogP) is 3.56. The van der Waals surface area contributed by atoms with E-state index in [1.165, 1.54) is 5.56 Å². The summed E-state index contributed by atoms with van der Waals surface area (Å²) in [6.07, 6.45) is 0. The first-order valence-corrected chi connectivity index (χ1v) is 9.91. The summed E-state index contributed by atoms with van der Waals surface area (Å²) in [7, 11) is 0. The third-order valence-electron chi connectivity index (χ3n) is 3.00. The summed E-state index contributed by atoms with van der Waals surface area (Å²) in [5.74, 6) is 0.543. The van der Waals surface area contributed by atoms with Crippen LogP contribution in [0.3, 0.4) is 0 Å². The standard InChI is InChI=1S/C20H31NO4S/c1-19(2,3)24-17(22)12-21-16(18(23)25-20(4,5)6)14-26-13-15-10-8-7-9-11-15/h7-11,16,21H,12-14H2,1-6H3/t16-/m0/s1. The largest absolute Gasteiger partial charge is 0.459 e. The molecular formula is C20H31NO4S. The Morgan fingerprint density at radius 3 is 2.12 bits per heavy atom. The number of hydrogen-bond acceptors (Lipinski definition) is 6. The van der Waals surface area contributed by atoms with Gasteiger partial charge in [0.25, 0.3) is 0 Å². The summed E-state index contributed by atoms with van der Waals surface area (Å²) >= 11 is 1.62. The number of carbonyl (C=O) groups excluding carboxylic acids is 2. The Kier molecular flexibility index (Phi) is 8.63. The van der Waals surface area contributed by atoms with Crippen molar-refractivity contribution >= 4 is 23.7 Å². The van der Waals surface area contributed by atoms with Crippen molar-refractivity contribution in [3.63, 3.8) is 0 Å². The van der Waals surface area contributed by atoms with Gasteiger partial charge >= 0.3 is 11.9 Å². The van der Waals surface area contributed by atoms with Gasteiger partial charge in [0.2, 0.25) is 0 Å². The molecule has 0 heterocycles. The minimum absolute atomic E-state index is 0.0346. The highest BCUT2D eigenvalue weighted by Gasteiger charge is 2.26. The molecule has 1 rings (SSSR count). The molecular weight excluding hydrogens is 350 g/mol. The summed E-state index contributed by atoms with van der Waals surface area (Å²) in [5.41, 5.74) is 0.0579. The molecule has 0 unspecified atom stereocenters. The van der Waals surface area contributed by atoms with Crippen LogP contribution in [-0.4, -0.2) is 41.5 Å². The number of ether oxygens (including phenoxy) is 2. The van der Waals surface area contributed by atoms with Gasteiger partial charge in [0, 0.05) is 11.5 Å². The molecule has 1 aromatic carbocycles. The van der Waals surface area contributed by atoms with Crippen LogP contribution >= 0.6 is 11.8 Å². The minimum Gasteiger partial charge on any atom is -0.459 e. The van der Waals surface area contributed by atoms with Crippen LogP contribution < -0.4 is 5.32 Å². The average Bonchev–Trinajstić information content (AvgIpc) is 2.48. The van der Waals surface area contributed by atoms with Crippen LogP contribution in [0.1, 0.15) is 47.1 Å². The number of rotatable bonds is 8. The SMILES string of the molecule is CC(C)(C)OC(=O)CN[C@@H](CSCc1ccccc1)C(=O)OC(C)(C)C. The topological polar surface area (TPSA) is 64.6 Å². The molecule has 26 heavy (non-hydrogen) atoms. The van der Waals surface area contributed by atoms with Crippen molar-refractivity contribution in [1.29, 1.82) is 0 Å². The zero-order chi connectivity index (χ0) is 19.8. The molecule has 0 amide bonds. The molecule has 5 nitrogen and oxygen atoms in total. The van der Waals surface area contributed by atoms with Crippen LogP contribution in [0.15, 0.2) is 30.3 Å². The van der Waals surface area contributed by atoms with E-state index in [0.29, 0.717) is 5.75 Å². The van der Waals surface area contributed by atoms with Crippen LogP contribution in [0.5, 0.6) is 0 Å². The Bertz CT molecular complexity index is 576. The van der Waals surface area contributed by atoms with E-state index >= 15 is 0 Å². The van der Waals surface area contributed by atoms with Gasteiger partial charge in [-0.1, -0.05) is 30.3 Å². The molecule has 1 atom stereocenters. The number of thioether (sulfide) groups is 1. The van der Waals surface area contributed by atoms with Gasteiger partial charge in [-0.25, -0.2) is 0 Å². The van der Waals surface area contributed by atoms with Crippen LogP contribution in [0.25, 0.3) is 0 Å². The molecule has 0 aliphatic rings. The molecule has 0 fully saturated rings. The van der Waals surface area contributed by atoms with E-state index in [1.54, 1.807) is 11.8 Å². The van der Waals surface area contributed by atoms with E-state index in [2.05, 4.69) is 5.32 Å². The molecule has 146 valence electrons. The fraction of sp³-hybridized carbons (Fsp3) is 0.600. The maximum Gasteiger partial charge on any atom is 0.324 e. The third-order valence-corrected chi connectivity index (χ3v) is 4.11. The fourth-order valence-corrected chi connectivity index (χ4v) is 3.07. The van der Waals surface area contributed by atoms with E-state index in [1.807, 2.05) is 71.9 Å². The Labute approximate surface area is 161 Å². The van der Waals surface area contributed by atoms with Crippen LogP contribution in [0.2, 0.25) is 0 Å². The van der Waals surface area contributed by atoms with Gasteiger partial charge in [-0.15, -0.1) is 0 Å². The summed E-state index contributed by atoms with van der Waals surface area (Å²) in [6, 6.07) is 9.47. The van der Waals surface area contributed by atoms with E-state index in [4.69, 9.17) is 9.47 Å². The first-order chi connectivity index (χ1) is 12.0. The second kappa shape index (κ2) is 9.97. The van der Waals surface area contributed by atoms with Gasteiger partial charge < -0.3 is 9.47 Å². The smallest absolute Gasteiger partial charge is 0.324 e. The van der Waals surface area contributed by atoms with Gasteiger partial charge in [-0.05, 0) is 47.1 Å². The van der Waals surface area contributed by atoms with E-state index < -0.39 is 17.2 Å². The van der Waals surface area contributed by atoms with Crippen molar-refractivity contribution in [2.75, 3.05) is 12.3 Å². The Hall–Kier alpha value is -1.53. The monoisotopic (exact) mass is 381 g/mol. The molecule has 0 aromatic heterocycles. The fourth-order valence-electron chi connectivity index (χ4n) is 2.04. The van der Waals surface area contributed by atoms with Crippen molar-refractivity contribution in [3.8, 4) is 0 Å². The molecule has 0 spiro atoms. The highest BCUT2D eigenvalue weighted by molar-refractivity contribution is 7.98. The van der Waals surface area contributed by atoms with Crippen LogP contribution in [0.4, 0.5) is 0 Å².